The van der Waals surface area contributed by atoms with E-state index in [0.29, 0.717) is 6.54 Å². The van der Waals surface area contributed by atoms with Crippen LogP contribution in [0.2, 0.25) is 0 Å². The van der Waals surface area contributed by atoms with E-state index in [0.717, 1.165) is 58.9 Å². The minimum atomic E-state index is 0.262. The largest absolute Gasteiger partial charge is 0.495 e. The van der Waals surface area contributed by atoms with E-state index < -0.39 is 0 Å². The van der Waals surface area contributed by atoms with E-state index in [1.54, 1.807) is 7.11 Å². The Balaban J connectivity index is 1.73. The molecule has 0 radical (unpaired) electrons. The van der Waals surface area contributed by atoms with Crippen LogP contribution in [-0.2, 0) is 6.54 Å². The van der Waals surface area contributed by atoms with Gasteiger partial charge in [0, 0.05) is 12.7 Å². The predicted octanol–water partition coefficient (Wildman–Crippen LogP) is 1.85. The standard InChI is InChI=1S/C19H23N7O/c1-11-17-18(12(2)23-19(20)24-17)26(25-11)10-15-16(27-3)8-14(9-22-15)13-4-6-21-7-5-13/h4,8-9,21H,5-7,10H2,1-3H3,(H2,20,23,24). The Morgan fingerprint density at radius 2 is 2.11 bits per heavy atom. The molecule has 27 heavy (non-hydrogen) atoms. The van der Waals surface area contributed by atoms with Crippen molar-refractivity contribution in [3.05, 3.63) is 41.0 Å². The summed E-state index contributed by atoms with van der Waals surface area (Å²) in [7, 11) is 1.67. The Morgan fingerprint density at radius 1 is 1.26 bits per heavy atom. The third kappa shape index (κ3) is 3.23. The van der Waals surface area contributed by atoms with Crippen LogP contribution in [0.15, 0.2) is 18.3 Å². The summed E-state index contributed by atoms with van der Waals surface area (Å²) in [6.45, 7) is 6.18. The number of hydrogen-bond acceptors (Lipinski definition) is 7. The third-order valence-corrected chi connectivity index (χ3v) is 4.83. The number of nitrogen functional groups attached to an aromatic ring is 1. The molecule has 0 aliphatic carbocycles. The zero-order valence-electron chi connectivity index (χ0n) is 15.8. The zero-order chi connectivity index (χ0) is 19.0. The van der Waals surface area contributed by atoms with E-state index >= 15 is 0 Å². The number of methoxy groups -OCH3 is 1. The highest BCUT2D eigenvalue weighted by atomic mass is 16.5. The Morgan fingerprint density at radius 3 is 2.85 bits per heavy atom. The average Bonchev–Trinajstić information content (AvgIpc) is 2.98. The van der Waals surface area contributed by atoms with Gasteiger partial charge in [0.15, 0.2) is 0 Å². The first-order chi connectivity index (χ1) is 13.1. The van der Waals surface area contributed by atoms with Gasteiger partial charge in [0.2, 0.25) is 5.95 Å². The quantitative estimate of drug-likeness (QED) is 0.727. The molecule has 4 heterocycles. The van der Waals surface area contributed by atoms with Crippen LogP contribution >= 0.6 is 0 Å². The van der Waals surface area contributed by atoms with Crippen molar-refractivity contribution < 1.29 is 4.74 Å². The lowest BCUT2D eigenvalue weighted by molar-refractivity contribution is 0.404. The second-order valence-corrected chi connectivity index (χ2v) is 6.66. The molecule has 0 fully saturated rings. The number of nitrogens with two attached hydrogens (primary N) is 1. The lowest BCUT2D eigenvalue weighted by Gasteiger charge is -2.16. The predicted molar refractivity (Wildman–Crippen MR) is 105 cm³/mol. The van der Waals surface area contributed by atoms with Crippen molar-refractivity contribution in [2.45, 2.75) is 26.8 Å². The molecule has 0 atom stereocenters. The lowest BCUT2D eigenvalue weighted by atomic mass is 10.0. The van der Waals surface area contributed by atoms with Gasteiger partial charge >= 0.3 is 0 Å². The second kappa shape index (κ2) is 6.96. The summed E-state index contributed by atoms with van der Waals surface area (Å²) in [6.07, 6.45) is 5.11. The van der Waals surface area contributed by atoms with Gasteiger partial charge < -0.3 is 15.8 Å². The zero-order valence-corrected chi connectivity index (χ0v) is 15.8. The molecule has 3 aromatic heterocycles. The Hall–Kier alpha value is -3.00. The summed E-state index contributed by atoms with van der Waals surface area (Å²) in [4.78, 5) is 13.3. The smallest absolute Gasteiger partial charge is 0.220 e. The third-order valence-electron chi connectivity index (χ3n) is 4.83. The molecule has 8 nitrogen and oxygen atoms in total. The molecule has 0 spiro atoms. The molecule has 8 heteroatoms. The van der Waals surface area contributed by atoms with E-state index in [-0.39, 0.29) is 5.95 Å². The Bertz CT molecular complexity index is 1040. The van der Waals surface area contributed by atoms with Crippen molar-refractivity contribution in [1.29, 1.82) is 0 Å². The van der Waals surface area contributed by atoms with Gasteiger partial charge in [-0.3, -0.25) is 9.67 Å². The number of fused-ring (bicyclic) bond motifs is 1. The van der Waals surface area contributed by atoms with Gasteiger partial charge in [-0.05, 0) is 44.0 Å². The van der Waals surface area contributed by atoms with Gasteiger partial charge in [0.1, 0.15) is 22.5 Å². The van der Waals surface area contributed by atoms with Crippen molar-refractivity contribution in [3.8, 4) is 5.75 Å². The van der Waals surface area contributed by atoms with E-state index in [1.807, 2.05) is 24.7 Å². The van der Waals surface area contributed by atoms with E-state index in [9.17, 15) is 0 Å². The number of rotatable bonds is 4. The van der Waals surface area contributed by atoms with Crippen LogP contribution in [0.5, 0.6) is 5.75 Å². The van der Waals surface area contributed by atoms with Crippen LogP contribution in [-0.4, -0.2) is 44.9 Å². The first kappa shape index (κ1) is 17.4. The molecule has 0 unspecified atom stereocenters. The van der Waals surface area contributed by atoms with Gasteiger partial charge in [0.25, 0.3) is 0 Å². The van der Waals surface area contributed by atoms with E-state index in [1.165, 1.54) is 5.57 Å². The first-order valence-corrected chi connectivity index (χ1v) is 8.97. The highest BCUT2D eigenvalue weighted by Crippen LogP contribution is 2.27. The second-order valence-electron chi connectivity index (χ2n) is 6.66. The summed E-state index contributed by atoms with van der Waals surface area (Å²) in [5.41, 5.74) is 12.3. The molecule has 0 aromatic carbocycles. The summed E-state index contributed by atoms with van der Waals surface area (Å²) in [6, 6.07) is 2.05. The molecule has 1 aliphatic heterocycles. The average molecular weight is 365 g/mol. The maximum atomic E-state index is 5.79. The van der Waals surface area contributed by atoms with Crippen molar-refractivity contribution >= 4 is 22.6 Å². The number of aryl methyl sites for hydroxylation is 2. The van der Waals surface area contributed by atoms with Crippen molar-refractivity contribution in [2.24, 2.45) is 0 Å². The molecule has 3 aromatic rings. The SMILES string of the molecule is COc1cc(C2=CCNCC2)cnc1Cn1nc(C)c2nc(N)nc(C)c21. The van der Waals surface area contributed by atoms with Crippen LogP contribution in [0.1, 0.15) is 29.1 Å². The number of pyridine rings is 1. The molecule has 3 N–H and O–H groups in total. The first-order valence-electron chi connectivity index (χ1n) is 8.97. The topological polar surface area (TPSA) is 104 Å². The fourth-order valence-electron chi connectivity index (χ4n) is 3.51. The molecule has 140 valence electrons. The van der Waals surface area contributed by atoms with Gasteiger partial charge in [0.05, 0.1) is 25.0 Å². The van der Waals surface area contributed by atoms with Crippen LogP contribution in [0.4, 0.5) is 5.95 Å². The molecule has 0 saturated heterocycles. The number of hydrogen-bond donors (Lipinski definition) is 2. The number of ether oxygens (including phenoxy) is 1. The molecule has 1 aliphatic rings. The van der Waals surface area contributed by atoms with Crippen molar-refractivity contribution in [3.63, 3.8) is 0 Å². The lowest BCUT2D eigenvalue weighted by Crippen LogP contribution is -2.20. The van der Waals surface area contributed by atoms with E-state index in [4.69, 9.17) is 10.5 Å². The van der Waals surface area contributed by atoms with Crippen molar-refractivity contribution in [2.75, 3.05) is 25.9 Å². The molecule has 0 saturated carbocycles. The molecular weight excluding hydrogens is 342 g/mol. The maximum absolute atomic E-state index is 5.79. The number of aromatic nitrogens is 5. The Labute approximate surface area is 157 Å². The number of nitrogens with zero attached hydrogens (tertiary/aromatic N) is 5. The highest BCUT2D eigenvalue weighted by molar-refractivity contribution is 5.80. The van der Waals surface area contributed by atoms with Gasteiger partial charge in [-0.2, -0.15) is 5.10 Å². The fourth-order valence-corrected chi connectivity index (χ4v) is 3.51. The van der Waals surface area contributed by atoms with Crippen LogP contribution in [0, 0.1) is 13.8 Å². The van der Waals surface area contributed by atoms with E-state index in [2.05, 4.69) is 37.5 Å². The summed E-state index contributed by atoms with van der Waals surface area (Å²) >= 11 is 0. The van der Waals surface area contributed by atoms with Crippen LogP contribution in [0.3, 0.4) is 0 Å². The summed E-state index contributed by atoms with van der Waals surface area (Å²) < 4.78 is 7.49. The summed E-state index contributed by atoms with van der Waals surface area (Å²) in [5.74, 6) is 1.01. The van der Waals surface area contributed by atoms with Crippen molar-refractivity contribution in [1.82, 2.24) is 30.0 Å². The normalized spacial score (nSPS) is 14.4. The van der Waals surface area contributed by atoms with Gasteiger partial charge in [-0.1, -0.05) is 6.08 Å². The minimum absolute atomic E-state index is 0.262. The molecular formula is C19H23N7O. The molecule has 0 amide bonds. The fraction of sp³-hybridized carbons (Fsp3) is 0.368. The van der Waals surface area contributed by atoms with Crippen LogP contribution in [0.25, 0.3) is 16.6 Å². The monoisotopic (exact) mass is 365 g/mol. The number of nitrogens with one attached hydrogen (secondary N) is 1. The number of anilines is 1. The van der Waals surface area contributed by atoms with Crippen LogP contribution < -0.4 is 15.8 Å². The van der Waals surface area contributed by atoms with Gasteiger partial charge in [-0.25, -0.2) is 9.97 Å². The Kier molecular flexibility index (Phi) is 4.49. The minimum Gasteiger partial charge on any atom is -0.495 e. The van der Waals surface area contributed by atoms with Gasteiger partial charge in [-0.15, -0.1) is 0 Å². The molecule has 0 bridgehead atoms. The highest BCUT2D eigenvalue weighted by Gasteiger charge is 2.17. The molecule has 4 rings (SSSR count). The summed E-state index contributed by atoms with van der Waals surface area (Å²) in [5, 5.41) is 7.94. The maximum Gasteiger partial charge on any atom is 0.220 e.